The molecule has 1 aromatic heterocycles. The van der Waals surface area contributed by atoms with Crippen molar-refractivity contribution >= 4 is 17.4 Å². The molecule has 2 heterocycles. The zero-order valence-corrected chi connectivity index (χ0v) is 10.3. The van der Waals surface area contributed by atoms with Crippen LogP contribution in [0.4, 0.5) is 5.69 Å². The molecule has 0 bridgehead atoms. The Morgan fingerprint density at radius 3 is 2.95 bits per heavy atom. The van der Waals surface area contributed by atoms with Crippen LogP contribution in [0, 0.1) is 0 Å². The number of carbonyl (C=O) groups excluding carboxylic acids is 2. The first-order valence-electron chi connectivity index (χ1n) is 5.90. The second-order valence-corrected chi connectivity index (χ2v) is 4.42. The molecule has 0 radical (unpaired) electrons. The van der Waals surface area contributed by atoms with Crippen LogP contribution in [0.25, 0.3) is 11.3 Å². The zero-order valence-electron chi connectivity index (χ0n) is 10.3. The highest BCUT2D eigenvalue weighted by Crippen LogP contribution is 2.28. The summed E-state index contributed by atoms with van der Waals surface area (Å²) in [4.78, 5) is 30.7. The van der Waals surface area contributed by atoms with Crippen LogP contribution < -0.4 is 5.32 Å². The Bertz CT molecular complexity index is 695. The molecule has 5 nitrogen and oxygen atoms in total. The average molecular weight is 253 g/mol. The van der Waals surface area contributed by atoms with Gasteiger partial charge >= 0.3 is 0 Å². The van der Waals surface area contributed by atoms with Gasteiger partial charge in [-0.05, 0) is 23.8 Å². The molecule has 0 unspecified atom stereocenters. The van der Waals surface area contributed by atoms with E-state index in [2.05, 4.69) is 15.3 Å². The van der Waals surface area contributed by atoms with Crippen molar-refractivity contribution in [1.29, 1.82) is 0 Å². The number of fused-ring (bicyclic) bond motifs is 1. The van der Waals surface area contributed by atoms with Crippen LogP contribution in [0.15, 0.2) is 30.5 Å². The summed E-state index contributed by atoms with van der Waals surface area (Å²) in [5.41, 5.74) is 3.35. The maximum absolute atomic E-state index is 11.3. The van der Waals surface area contributed by atoms with Gasteiger partial charge in [-0.1, -0.05) is 6.07 Å². The minimum absolute atomic E-state index is 0.000683. The van der Waals surface area contributed by atoms with E-state index in [1.165, 1.54) is 6.92 Å². The first kappa shape index (κ1) is 11.5. The molecule has 2 aromatic rings. The van der Waals surface area contributed by atoms with E-state index in [0.717, 1.165) is 16.8 Å². The lowest BCUT2D eigenvalue weighted by atomic mass is 10.1. The molecule has 0 fully saturated rings. The van der Waals surface area contributed by atoms with Gasteiger partial charge < -0.3 is 5.32 Å². The second-order valence-electron chi connectivity index (χ2n) is 4.42. The summed E-state index contributed by atoms with van der Waals surface area (Å²) in [7, 11) is 0. The van der Waals surface area contributed by atoms with Crippen LogP contribution in [0.3, 0.4) is 0 Å². The quantitative estimate of drug-likeness (QED) is 0.829. The lowest BCUT2D eigenvalue weighted by Gasteiger charge is -2.04. The highest BCUT2D eigenvalue weighted by Gasteiger charge is 2.18. The Balaban J connectivity index is 2.04. The summed E-state index contributed by atoms with van der Waals surface area (Å²) in [6.07, 6.45) is 1.95. The van der Waals surface area contributed by atoms with Gasteiger partial charge in [-0.15, -0.1) is 0 Å². The third-order valence-corrected chi connectivity index (χ3v) is 3.00. The van der Waals surface area contributed by atoms with Crippen molar-refractivity contribution in [3.05, 3.63) is 41.9 Å². The number of Topliss-reactive ketones (excluding diaryl/α,β-unsaturated/α-hetero) is 1. The third-order valence-electron chi connectivity index (χ3n) is 3.00. The number of benzene rings is 1. The number of carbonyl (C=O) groups is 2. The summed E-state index contributed by atoms with van der Waals surface area (Å²) in [5, 5.41) is 2.78. The number of aromatic nitrogens is 2. The lowest BCUT2D eigenvalue weighted by molar-refractivity contribution is -0.115. The molecule has 1 aliphatic rings. The Kier molecular flexibility index (Phi) is 2.59. The van der Waals surface area contributed by atoms with E-state index in [9.17, 15) is 9.59 Å². The summed E-state index contributed by atoms with van der Waals surface area (Å²) >= 11 is 0. The molecule has 0 atom stereocenters. The summed E-state index contributed by atoms with van der Waals surface area (Å²) < 4.78 is 0. The maximum atomic E-state index is 11.3. The predicted molar refractivity (Wildman–Crippen MR) is 69.8 cm³/mol. The van der Waals surface area contributed by atoms with Gasteiger partial charge in [0.2, 0.25) is 5.91 Å². The predicted octanol–water partition coefficient (Wildman–Crippen LogP) is 1.84. The molecule has 3 rings (SSSR count). The normalized spacial score (nSPS) is 13.0. The van der Waals surface area contributed by atoms with Crippen molar-refractivity contribution in [3.63, 3.8) is 0 Å². The fraction of sp³-hybridized carbons (Fsp3) is 0.143. The standard InChI is InChI=1S/C14H11N3O2/c1-8(18)14-15-5-4-12(17-14)9-2-3-11-10(6-9)7-13(19)16-11/h2-6H,7H2,1H3,(H,16,19). The second kappa shape index (κ2) is 4.28. The minimum atomic E-state index is -0.167. The van der Waals surface area contributed by atoms with Gasteiger partial charge in [0.1, 0.15) is 0 Å². The molecule has 1 N–H and O–H groups in total. The summed E-state index contributed by atoms with van der Waals surface area (Å²) in [6.45, 7) is 1.43. The van der Waals surface area contributed by atoms with Crippen molar-refractivity contribution in [2.75, 3.05) is 5.32 Å². The fourth-order valence-corrected chi connectivity index (χ4v) is 2.08. The highest BCUT2D eigenvalue weighted by atomic mass is 16.1. The molecule has 0 aliphatic carbocycles. The molecular weight excluding hydrogens is 242 g/mol. The Hall–Kier alpha value is -2.56. The van der Waals surface area contributed by atoms with Gasteiger partial charge in [-0.3, -0.25) is 9.59 Å². The molecule has 5 heteroatoms. The van der Waals surface area contributed by atoms with E-state index in [0.29, 0.717) is 12.1 Å². The number of anilines is 1. The van der Waals surface area contributed by atoms with E-state index in [-0.39, 0.29) is 17.5 Å². The van der Waals surface area contributed by atoms with Gasteiger partial charge in [-0.2, -0.15) is 0 Å². The molecule has 1 aromatic carbocycles. The van der Waals surface area contributed by atoms with Crippen LogP contribution in [-0.2, 0) is 11.2 Å². The summed E-state index contributed by atoms with van der Waals surface area (Å²) in [5.74, 6) is 0.0336. The molecule has 19 heavy (non-hydrogen) atoms. The van der Waals surface area contributed by atoms with Crippen molar-refractivity contribution in [3.8, 4) is 11.3 Å². The fourth-order valence-electron chi connectivity index (χ4n) is 2.08. The SMILES string of the molecule is CC(=O)c1nccc(-c2ccc3c(c2)CC(=O)N3)n1. The van der Waals surface area contributed by atoms with Crippen LogP contribution in [0.1, 0.15) is 23.1 Å². The van der Waals surface area contributed by atoms with Gasteiger partial charge in [0.15, 0.2) is 11.6 Å². The van der Waals surface area contributed by atoms with E-state index in [4.69, 9.17) is 0 Å². The first-order chi connectivity index (χ1) is 9.13. The molecule has 0 saturated heterocycles. The van der Waals surface area contributed by atoms with Crippen LogP contribution in [0.2, 0.25) is 0 Å². The number of amides is 1. The maximum Gasteiger partial charge on any atom is 0.228 e. The van der Waals surface area contributed by atoms with Gasteiger partial charge in [-0.25, -0.2) is 9.97 Å². The molecule has 0 saturated carbocycles. The number of nitrogens with one attached hydrogen (secondary N) is 1. The Morgan fingerprint density at radius 1 is 1.32 bits per heavy atom. The Labute approximate surface area is 109 Å². The van der Waals surface area contributed by atoms with Crippen molar-refractivity contribution < 1.29 is 9.59 Å². The molecule has 1 aliphatic heterocycles. The lowest BCUT2D eigenvalue weighted by Crippen LogP contribution is -2.03. The van der Waals surface area contributed by atoms with E-state index < -0.39 is 0 Å². The zero-order chi connectivity index (χ0) is 13.4. The van der Waals surface area contributed by atoms with E-state index in [1.807, 2.05) is 18.2 Å². The molecule has 94 valence electrons. The van der Waals surface area contributed by atoms with Gasteiger partial charge in [0.05, 0.1) is 12.1 Å². The highest BCUT2D eigenvalue weighted by molar-refractivity contribution is 5.99. The summed E-state index contributed by atoms with van der Waals surface area (Å²) in [6, 6.07) is 7.39. The van der Waals surface area contributed by atoms with E-state index in [1.54, 1.807) is 12.3 Å². The van der Waals surface area contributed by atoms with Gasteiger partial charge in [0.25, 0.3) is 0 Å². The smallest absolute Gasteiger partial charge is 0.228 e. The Morgan fingerprint density at radius 2 is 2.16 bits per heavy atom. The van der Waals surface area contributed by atoms with Crippen LogP contribution >= 0.6 is 0 Å². The molecule has 1 amide bonds. The number of nitrogens with zero attached hydrogens (tertiary/aromatic N) is 2. The largest absolute Gasteiger partial charge is 0.326 e. The van der Waals surface area contributed by atoms with Crippen LogP contribution in [0.5, 0.6) is 0 Å². The third kappa shape index (κ3) is 2.10. The topological polar surface area (TPSA) is 72.0 Å². The average Bonchev–Trinajstić information content (AvgIpc) is 2.77. The minimum Gasteiger partial charge on any atom is -0.326 e. The van der Waals surface area contributed by atoms with Crippen molar-refractivity contribution in [2.45, 2.75) is 13.3 Å². The van der Waals surface area contributed by atoms with Crippen molar-refractivity contribution in [1.82, 2.24) is 9.97 Å². The number of rotatable bonds is 2. The first-order valence-corrected chi connectivity index (χ1v) is 5.90. The molecular formula is C14H11N3O2. The van der Waals surface area contributed by atoms with Crippen molar-refractivity contribution in [2.24, 2.45) is 0 Å². The monoisotopic (exact) mass is 253 g/mol. The number of hydrogen-bond acceptors (Lipinski definition) is 4. The number of hydrogen-bond donors (Lipinski definition) is 1. The molecule has 0 spiro atoms. The van der Waals surface area contributed by atoms with E-state index >= 15 is 0 Å². The van der Waals surface area contributed by atoms with Gasteiger partial charge in [0, 0.05) is 24.4 Å². The number of ketones is 1. The van der Waals surface area contributed by atoms with Crippen LogP contribution in [-0.4, -0.2) is 21.7 Å².